The van der Waals surface area contributed by atoms with Crippen LogP contribution >= 0.6 is 0 Å². The van der Waals surface area contributed by atoms with Gasteiger partial charge in [-0.15, -0.1) is 0 Å². The van der Waals surface area contributed by atoms with E-state index in [0.29, 0.717) is 0 Å². The van der Waals surface area contributed by atoms with Gasteiger partial charge in [0.05, 0.1) is 0 Å². The van der Waals surface area contributed by atoms with Crippen LogP contribution < -0.4 is 5.73 Å². The zero-order valence-electron chi connectivity index (χ0n) is 9.37. The summed E-state index contributed by atoms with van der Waals surface area (Å²) in [6.45, 7) is 2.13. The molecule has 1 aromatic rings. The average molecular weight is 201 g/mol. The molecule has 0 amide bonds. The van der Waals surface area contributed by atoms with Crippen molar-refractivity contribution in [1.82, 2.24) is 0 Å². The van der Waals surface area contributed by atoms with Crippen molar-refractivity contribution in [3.8, 4) is 0 Å². The summed E-state index contributed by atoms with van der Waals surface area (Å²) in [5.41, 5.74) is 9.29. The van der Waals surface area contributed by atoms with Gasteiger partial charge in [0, 0.05) is 5.54 Å². The van der Waals surface area contributed by atoms with E-state index in [0.717, 1.165) is 18.3 Å². The Morgan fingerprint density at radius 3 is 2.53 bits per heavy atom. The summed E-state index contributed by atoms with van der Waals surface area (Å²) in [5, 5.41) is 0. The molecule has 1 heteroatoms. The number of rotatable bonds is 3. The molecule has 2 fully saturated rings. The summed E-state index contributed by atoms with van der Waals surface area (Å²) in [6, 6.07) is 8.83. The lowest BCUT2D eigenvalue weighted by atomic mass is 10.0. The van der Waals surface area contributed by atoms with Gasteiger partial charge in [0.1, 0.15) is 0 Å². The monoisotopic (exact) mass is 201 g/mol. The molecule has 3 rings (SSSR count). The predicted octanol–water partition coefficient (Wildman–Crippen LogP) is 2.66. The maximum Gasteiger partial charge on any atom is 0.0230 e. The van der Waals surface area contributed by atoms with E-state index in [2.05, 4.69) is 31.2 Å². The lowest BCUT2D eigenvalue weighted by Crippen LogP contribution is -2.28. The summed E-state index contributed by atoms with van der Waals surface area (Å²) in [7, 11) is 0. The molecule has 2 saturated carbocycles. The SMILES string of the molecule is Cc1ccc(CC2(N)CC2C2CC2)cc1. The van der Waals surface area contributed by atoms with Crippen molar-refractivity contribution < 1.29 is 0 Å². The van der Waals surface area contributed by atoms with Crippen molar-refractivity contribution in [3.63, 3.8) is 0 Å². The van der Waals surface area contributed by atoms with E-state index < -0.39 is 0 Å². The second kappa shape index (κ2) is 3.08. The van der Waals surface area contributed by atoms with Crippen LogP contribution in [0.2, 0.25) is 0 Å². The zero-order chi connectivity index (χ0) is 10.5. The van der Waals surface area contributed by atoms with Crippen molar-refractivity contribution in [2.24, 2.45) is 17.6 Å². The van der Waals surface area contributed by atoms with Crippen LogP contribution in [0.25, 0.3) is 0 Å². The standard InChI is InChI=1S/C14H19N/c1-10-2-4-11(5-3-10)8-14(15)9-13(14)12-6-7-12/h2-5,12-13H,6-9,15H2,1H3. The van der Waals surface area contributed by atoms with Crippen LogP contribution in [-0.4, -0.2) is 5.54 Å². The molecule has 0 heterocycles. The topological polar surface area (TPSA) is 26.0 Å². The van der Waals surface area contributed by atoms with Gasteiger partial charge in [-0.1, -0.05) is 29.8 Å². The van der Waals surface area contributed by atoms with Crippen molar-refractivity contribution in [2.45, 2.75) is 38.1 Å². The molecule has 0 spiro atoms. The lowest BCUT2D eigenvalue weighted by Gasteiger charge is -2.11. The highest BCUT2D eigenvalue weighted by Gasteiger charge is 2.56. The minimum atomic E-state index is 0.149. The maximum absolute atomic E-state index is 6.40. The fourth-order valence-electron chi connectivity index (χ4n) is 2.77. The molecule has 0 saturated heterocycles. The van der Waals surface area contributed by atoms with Gasteiger partial charge in [-0.3, -0.25) is 0 Å². The van der Waals surface area contributed by atoms with Gasteiger partial charge in [-0.05, 0) is 50.0 Å². The second-order valence-corrected chi connectivity index (χ2v) is 5.54. The smallest absolute Gasteiger partial charge is 0.0230 e. The molecule has 0 aromatic heterocycles. The lowest BCUT2D eigenvalue weighted by molar-refractivity contribution is 0.548. The van der Waals surface area contributed by atoms with E-state index in [1.807, 2.05) is 0 Å². The van der Waals surface area contributed by atoms with E-state index >= 15 is 0 Å². The highest BCUT2D eigenvalue weighted by Crippen LogP contribution is 2.56. The van der Waals surface area contributed by atoms with Crippen LogP contribution in [0.1, 0.15) is 30.4 Å². The molecule has 0 bridgehead atoms. The Morgan fingerprint density at radius 1 is 1.27 bits per heavy atom. The molecule has 2 unspecified atom stereocenters. The number of hydrogen-bond donors (Lipinski definition) is 1. The van der Waals surface area contributed by atoms with Crippen LogP contribution in [0.3, 0.4) is 0 Å². The normalized spacial score (nSPS) is 34.1. The van der Waals surface area contributed by atoms with Crippen LogP contribution in [0.5, 0.6) is 0 Å². The molecule has 0 radical (unpaired) electrons. The summed E-state index contributed by atoms with van der Waals surface area (Å²) in [4.78, 5) is 0. The van der Waals surface area contributed by atoms with Crippen LogP contribution in [0, 0.1) is 18.8 Å². The highest BCUT2D eigenvalue weighted by molar-refractivity contribution is 5.27. The van der Waals surface area contributed by atoms with Gasteiger partial charge >= 0.3 is 0 Å². The predicted molar refractivity (Wildman–Crippen MR) is 62.6 cm³/mol. The first-order valence-corrected chi connectivity index (χ1v) is 6.02. The van der Waals surface area contributed by atoms with Crippen molar-refractivity contribution in [2.75, 3.05) is 0 Å². The molecule has 0 aliphatic heterocycles. The second-order valence-electron chi connectivity index (χ2n) is 5.54. The Balaban J connectivity index is 1.68. The molecule has 15 heavy (non-hydrogen) atoms. The molecule has 2 aliphatic rings. The minimum Gasteiger partial charge on any atom is -0.325 e. The van der Waals surface area contributed by atoms with Crippen LogP contribution in [-0.2, 0) is 6.42 Å². The number of benzene rings is 1. The van der Waals surface area contributed by atoms with E-state index in [-0.39, 0.29) is 5.54 Å². The molecule has 1 aromatic carbocycles. The Kier molecular flexibility index (Phi) is 1.93. The Hall–Kier alpha value is -0.820. The number of hydrogen-bond acceptors (Lipinski definition) is 1. The average Bonchev–Trinajstić information content (AvgIpc) is 3.06. The minimum absolute atomic E-state index is 0.149. The van der Waals surface area contributed by atoms with E-state index in [4.69, 9.17) is 5.73 Å². The maximum atomic E-state index is 6.40. The van der Waals surface area contributed by atoms with Crippen molar-refractivity contribution >= 4 is 0 Å². The largest absolute Gasteiger partial charge is 0.325 e. The van der Waals surface area contributed by atoms with Gasteiger partial charge in [-0.25, -0.2) is 0 Å². The van der Waals surface area contributed by atoms with Crippen molar-refractivity contribution in [3.05, 3.63) is 35.4 Å². The molecule has 2 N–H and O–H groups in total. The van der Waals surface area contributed by atoms with E-state index in [9.17, 15) is 0 Å². The fraction of sp³-hybridized carbons (Fsp3) is 0.571. The van der Waals surface area contributed by atoms with E-state index in [1.165, 1.54) is 30.4 Å². The summed E-state index contributed by atoms with van der Waals surface area (Å²) < 4.78 is 0. The Bertz CT molecular complexity index is 363. The quantitative estimate of drug-likeness (QED) is 0.799. The molecule has 2 atom stereocenters. The van der Waals surface area contributed by atoms with Gasteiger partial charge in [0.2, 0.25) is 0 Å². The molecule has 1 nitrogen and oxygen atoms in total. The number of aryl methyl sites for hydroxylation is 1. The zero-order valence-corrected chi connectivity index (χ0v) is 9.37. The highest BCUT2D eigenvalue weighted by atomic mass is 14.9. The Labute approximate surface area is 91.7 Å². The third kappa shape index (κ3) is 1.81. The first-order chi connectivity index (χ1) is 7.17. The van der Waals surface area contributed by atoms with Crippen molar-refractivity contribution in [1.29, 1.82) is 0 Å². The van der Waals surface area contributed by atoms with Gasteiger partial charge in [0.25, 0.3) is 0 Å². The number of nitrogens with two attached hydrogens (primary N) is 1. The van der Waals surface area contributed by atoms with Gasteiger partial charge in [-0.2, -0.15) is 0 Å². The summed E-state index contributed by atoms with van der Waals surface area (Å²) in [6.07, 6.45) is 5.19. The van der Waals surface area contributed by atoms with Gasteiger partial charge < -0.3 is 5.73 Å². The molecule has 80 valence electrons. The van der Waals surface area contributed by atoms with Crippen LogP contribution in [0.4, 0.5) is 0 Å². The Morgan fingerprint density at radius 2 is 1.93 bits per heavy atom. The van der Waals surface area contributed by atoms with Gasteiger partial charge in [0.15, 0.2) is 0 Å². The molecular weight excluding hydrogens is 182 g/mol. The fourth-order valence-corrected chi connectivity index (χ4v) is 2.77. The third-order valence-electron chi connectivity index (χ3n) is 4.02. The molecular formula is C14H19N. The van der Waals surface area contributed by atoms with Crippen LogP contribution in [0.15, 0.2) is 24.3 Å². The van der Waals surface area contributed by atoms with E-state index in [1.54, 1.807) is 0 Å². The third-order valence-corrected chi connectivity index (χ3v) is 4.02. The summed E-state index contributed by atoms with van der Waals surface area (Å²) >= 11 is 0. The first-order valence-electron chi connectivity index (χ1n) is 6.02. The molecule has 2 aliphatic carbocycles. The summed E-state index contributed by atoms with van der Waals surface area (Å²) in [5.74, 6) is 1.80. The first kappa shape index (κ1) is 9.41.